The van der Waals surface area contributed by atoms with Crippen molar-refractivity contribution in [2.45, 2.75) is 51.9 Å². The van der Waals surface area contributed by atoms with Crippen LogP contribution in [0.15, 0.2) is 0 Å². The van der Waals surface area contributed by atoms with Crippen molar-refractivity contribution in [2.75, 3.05) is 0 Å². The van der Waals surface area contributed by atoms with Gasteiger partial charge in [-0.3, -0.25) is 0 Å². The summed E-state index contributed by atoms with van der Waals surface area (Å²) in [6.45, 7) is 2.18. The van der Waals surface area contributed by atoms with Crippen molar-refractivity contribution in [3.8, 4) is 12.1 Å². The molecule has 0 spiro atoms. The van der Waals surface area contributed by atoms with E-state index in [0.29, 0.717) is 12.0 Å². The number of unbranched alkanes of at least 4 members (excludes halogenated alkanes) is 5. The lowest BCUT2D eigenvalue weighted by molar-refractivity contribution is 0.607. The van der Waals surface area contributed by atoms with E-state index in [1.54, 1.807) is 0 Å². The Hall–Kier alpha value is -1.29. The molecule has 5 heteroatoms. The predicted molar refractivity (Wildman–Crippen MR) is 80.8 cm³/mol. The van der Waals surface area contributed by atoms with Crippen molar-refractivity contribution in [1.29, 1.82) is 10.5 Å². The van der Waals surface area contributed by atoms with Crippen LogP contribution in [0.4, 0.5) is 0 Å². The van der Waals surface area contributed by atoms with Crippen molar-refractivity contribution in [3.05, 3.63) is 27.0 Å². The van der Waals surface area contributed by atoms with Crippen molar-refractivity contribution < 1.29 is 0 Å². The lowest BCUT2D eigenvalue weighted by Crippen LogP contribution is -2.00. The van der Waals surface area contributed by atoms with E-state index < -0.39 is 0 Å². The van der Waals surface area contributed by atoms with Gasteiger partial charge in [-0.2, -0.15) is 10.5 Å². The highest BCUT2D eigenvalue weighted by molar-refractivity contribution is 6.34. The number of hydrogen-bond acceptors (Lipinski definition) is 3. The highest BCUT2D eigenvalue weighted by atomic mass is 35.5. The fourth-order valence-electron chi connectivity index (χ4n) is 2.13. The number of halogens is 2. The van der Waals surface area contributed by atoms with E-state index in [1.165, 1.54) is 25.7 Å². The van der Waals surface area contributed by atoms with Gasteiger partial charge in [-0.15, -0.1) is 0 Å². The Morgan fingerprint density at radius 2 is 1.40 bits per heavy atom. The van der Waals surface area contributed by atoms with E-state index in [4.69, 9.17) is 33.7 Å². The summed E-state index contributed by atoms with van der Waals surface area (Å²) in [5.41, 5.74) is 1.19. The maximum Gasteiger partial charge on any atom is 0.148 e. The average molecular weight is 310 g/mol. The first-order valence-corrected chi connectivity index (χ1v) is 7.59. The standard InChI is InChI=1S/C15H17Cl2N3/c1-2-3-4-5-6-7-8-11-12(9-18)14(16)20-15(17)13(11)10-19/h2-8H2,1H3. The van der Waals surface area contributed by atoms with Gasteiger partial charge in [0.05, 0.1) is 11.1 Å². The molecule has 0 fully saturated rings. The molecule has 0 saturated carbocycles. The van der Waals surface area contributed by atoms with Crippen LogP contribution in [0, 0.1) is 22.7 Å². The van der Waals surface area contributed by atoms with Gasteiger partial charge in [-0.25, -0.2) is 4.98 Å². The Labute approximate surface area is 130 Å². The zero-order valence-corrected chi connectivity index (χ0v) is 13.1. The summed E-state index contributed by atoms with van der Waals surface area (Å²) in [4.78, 5) is 3.83. The minimum absolute atomic E-state index is 0.0810. The molecule has 106 valence electrons. The number of rotatable bonds is 7. The largest absolute Gasteiger partial charge is 0.222 e. The zero-order chi connectivity index (χ0) is 15.0. The van der Waals surface area contributed by atoms with E-state index in [-0.39, 0.29) is 21.4 Å². The molecule has 0 aliphatic heterocycles. The van der Waals surface area contributed by atoms with Gasteiger partial charge in [-0.1, -0.05) is 62.2 Å². The van der Waals surface area contributed by atoms with Crippen molar-refractivity contribution >= 4 is 23.2 Å². The quantitative estimate of drug-likeness (QED) is 0.524. The SMILES string of the molecule is CCCCCCCCc1c(C#N)c(Cl)nc(Cl)c1C#N. The van der Waals surface area contributed by atoms with Gasteiger partial charge in [0.1, 0.15) is 22.4 Å². The summed E-state index contributed by atoms with van der Waals surface area (Å²) in [6.07, 6.45) is 7.50. The van der Waals surface area contributed by atoms with Gasteiger partial charge in [-0.05, 0) is 18.4 Å². The molecule has 20 heavy (non-hydrogen) atoms. The van der Waals surface area contributed by atoms with Crippen LogP contribution >= 0.6 is 23.2 Å². The van der Waals surface area contributed by atoms with E-state index in [1.807, 2.05) is 12.1 Å². The Balaban J connectivity index is 2.78. The van der Waals surface area contributed by atoms with Crippen LogP contribution in [0.5, 0.6) is 0 Å². The van der Waals surface area contributed by atoms with E-state index >= 15 is 0 Å². The van der Waals surface area contributed by atoms with Crippen LogP contribution in [0.1, 0.15) is 62.1 Å². The first-order chi connectivity index (χ1) is 9.65. The Bertz CT molecular complexity index is 503. The van der Waals surface area contributed by atoms with Crippen molar-refractivity contribution in [2.24, 2.45) is 0 Å². The second-order valence-corrected chi connectivity index (χ2v) is 5.38. The van der Waals surface area contributed by atoms with Crippen LogP contribution in [0.25, 0.3) is 0 Å². The lowest BCUT2D eigenvalue weighted by atomic mass is 9.98. The molecular formula is C15H17Cl2N3. The second-order valence-electron chi connectivity index (χ2n) is 4.66. The fourth-order valence-corrected chi connectivity index (χ4v) is 2.66. The molecule has 3 nitrogen and oxygen atoms in total. The Morgan fingerprint density at radius 3 is 1.90 bits per heavy atom. The predicted octanol–water partition coefficient (Wildman–Crippen LogP) is 5.03. The molecule has 0 atom stereocenters. The molecule has 0 N–H and O–H groups in total. The minimum Gasteiger partial charge on any atom is -0.222 e. The lowest BCUT2D eigenvalue weighted by Gasteiger charge is -2.09. The Morgan fingerprint density at radius 1 is 0.900 bits per heavy atom. The number of nitriles is 2. The first kappa shape index (κ1) is 16.8. The molecule has 1 heterocycles. The molecule has 0 saturated heterocycles. The smallest absolute Gasteiger partial charge is 0.148 e. The summed E-state index contributed by atoms with van der Waals surface area (Å²) in [7, 11) is 0. The monoisotopic (exact) mass is 309 g/mol. The maximum atomic E-state index is 9.16. The summed E-state index contributed by atoms with van der Waals surface area (Å²) >= 11 is 11.8. The van der Waals surface area contributed by atoms with Gasteiger partial charge < -0.3 is 0 Å². The molecule has 0 radical (unpaired) electrons. The Kier molecular flexibility index (Phi) is 7.37. The van der Waals surface area contributed by atoms with E-state index in [0.717, 1.165) is 12.8 Å². The summed E-state index contributed by atoms with van der Waals surface area (Å²) in [6, 6.07) is 4.05. The van der Waals surface area contributed by atoms with Gasteiger partial charge >= 0.3 is 0 Å². The third kappa shape index (κ3) is 4.37. The summed E-state index contributed by atoms with van der Waals surface area (Å²) < 4.78 is 0. The normalized spacial score (nSPS) is 10.1. The van der Waals surface area contributed by atoms with Gasteiger partial charge in [0, 0.05) is 0 Å². The zero-order valence-electron chi connectivity index (χ0n) is 11.5. The third-order valence-electron chi connectivity index (χ3n) is 3.22. The fraction of sp³-hybridized carbons (Fsp3) is 0.533. The molecule has 0 aliphatic rings. The summed E-state index contributed by atoms with van der Waals surface area (Å²) in [5.74, 6) is 0. The summed E-state index contributed by atoms with van der Waals surface area (Å²) in [5, 5.41) is 18.5. The van der Waals surface area contributed by atoms with Crippen LogP contribution < -0.4 is 0 Å². The molecule has 0 amide bonds. The van der Waals surface area contributed by atoms with Gasteiger partial charge in [0.15, 0.2) is 0 Å². The third-order valence-corrected chi connectivity index (χ3v) is 3.76. The molecule has 1 aromatic rings. The molecule has 0 aromatic carbocycles. The highest BCUT2D eigenvalue weighted by Gasteiger charge is 2.17. The molecule has 1 aromatic heterocycles. The second kappa shape index (κ2) is 8.80. The van der Waals surface area contributed by atoms with Crippen molar-refractivity contribution in [1.82, 2.24) is 4.98 Å². The van der Waals surface area contributed by atoms with E-state index in [9.17, 15) is 0 Å². The molecule has 0 bridgehead atoms. The number of aromatic nitrogens is 1. The minimum atomic E-state index is 0.0810. The van der Waals surface area contributed by atoms with Gasteiger partial charge in [0.25, 0.3) is 0 Å². The van der Waals surface area contributed by atoms with E-state index in [2.05, 4.69) is 11.9 Å². The molecular weight excluding hydrogens is 293 g/mol. The molecule has 0 unspecified atom stereocenters. The van der Waals surface area contributed by atoms with Crippen LogP contribution in [-0.2, 0) is 6.42 Å². The van der Waals surface area contributed by atoms with Crippen LogP contribution in [0.3, 0.4) is 0 Å². The number of pyridine rings is 1. The number of hydrogen-bond donors (Lipinski definition) is 0. The maximum absolute atomic E-state index is 9.16. The highest BCUT2D eigenvalue weighted by Crippen LogP contribution is 2.27. The number of nitrogens with zero attached hydrogens (tertiary/aromatic N) is 3. The topological polar surface area (TPSA) is 60.5 Å². The molecule has 0 aliphatic carbocycles. The van der Waals surface area contributed by atoms with Crippen molar-refractivity contribution in [3.63, 3.8) is 0 Å². The van der Waals surface area contributed by atoms with Crippen LogP contribution in [-0.4, -0.2) is 4.98 Å². The first-order valence-electron chi connectivity index (χ1n) is 6.83. The average Bonchev–Trinajstić information content (AvgIpc) is 2.42. The van der Waals surface area contributed by atoms with Gasteiger partial charge in [0.2, 0.25) is 0 Å². The van der Waals surface area contributed by atoms with Crippen LogP contribution in [0.2, 0.25) is 10.3 Å². The molecule has 1 rings (SSSR count).